The van der Waals surface area contributed by atoms with Gasteiger partial charge in [0.25, 0.3) is 0 Å². The van der Waals surface area contributed by atoms with E-state index in [1.807, 2.05) is 4.90 Å². The van der Waals surface area contributed by atoms with Crippen molar-refractivity contribution in [3.8, 4) is 11.4 Å². The molecule has 5 rings (SSSR count). The number of halogens is 2. The van der Waals surface area contributed by atoms with Crippen LogP contribution in [0.1, 0.15) is 35.7 Å². The molecule has 1 amide bonds. The van der Waals surface area contributed by atoms with Gasteiger partial charge in [-0.15, -0.1) is 0 Å². The molecule has 2 aliphatic heterocycles. The van der Waals surface area contributed by atoms with Crippen molar-refractivity contribution in [2.45, 2.75) is 37.8 Å². The van der Waals surface area contributed by atoms with Crippen LogP contribution in [-0.2, 0) is 17.6 Å². The van der Waals surface area contributed by atoms with E-state index in [2.05, 4.69) is 4.98 Å². The first kappa shape index (κ1) is 17.9. The highest BCUT2D eigenvalue weighted by Gasteiger charge is 2.43. The highest BCUT2D eigenvalue weighted by Crippen LogP contribution is 2.43. The van der Waals surface area contributed by atoms with Crippen LogP contribution in [0.3, 0.4) is 0 Å². The molecule has 2 unspecified atom stereocenters. The van der Waals surface area contributed by atoms with Gasteiger partial charge in [-0.2, -0.15) is 0 Å². The number of hydrogen-bond acceptors (Lipinski definition) is 3. The molecule has 0 N–H and O–H groups in total. The summed E-state index contributed by atoms with van der Waals surface area (Å²) in [5.41, 5.74) is 3.40. The van der Waals surface area contributed by atoms with Gasteiger partial charge in [0.05, 0.1) is 18.2 Å². The normalized spacial score (nSPS) is 19.9. The number of rotatable bonds is 3. The Bertz CT molecular complexity index is 1080. The van der Waals surface area contributed by atoms with Gasteiger partial charge >= 0.3 is 0 Å². The van der Waals surface area contributed by atoms with Crippen LogP contribution in [0.5, 0.6) is 0 Å². The van der Waals surface area contributed by atoms with Crippen molar-refractivity contribution >= 4 is 5.91 Å². The molecule has 3 heterocycles. The number of carbonyl (C=O) groups excluding carboxylic acids is 1. The van der Waals surface area contributed by atoms with Crippen LogP contribution in [0.4, 0.5) is 8.78 Å². The van der Waals surface area contributed by atoms with Gasteiger partial charge in [0.1, 0.15) is 11.6 Å². The summed E-state index contributed by atoms with van der Waals surface area (Å²) in [7, 11) is 0. The topological polar surface area (TPSA) is 46.1 Å². The predicted octanol–water partition coefficient (Wildman–Crippen LogP) is 4.25. The van der Waals surface area contributed by atoms with E-state index in [0.717, 1.165) is 29.7 Å². The van der Waals surface area contributed by atoms with Crippen LogP contribution in [0.25, 0.3) is 11.4 Å². The number of aromatic nitrogens is 2. The van der Waals surface area contributed by atoms with Crippen molar-refractivity contribution in [2.75, 3.05) is 0 Å². The van der Waals surface area contributed by atoms with Crippen LogP contribution < -0.4 is 0 Å². The molecule has 2 bridgehead atoms. The molecule has 6 heteroatoms. The lowest BCUT2D eigenvalue weighted by molar-refractivity contribution is -0.134. The molecule has 3 aromatic rings. The maximum absolute atomic E-state index is 13.5. The first-order valence-corrected chi connectivity index (χ1v) is 9.76. The van der Waals surface area contributed by atoms with Gasteiger partial charge in [0.15, 0.2) is 5.82 Å². The summed E-state index contributed by atoms with van der Waals surface area (Å²) < 4.78 is 26.6. The zero-order valence-corrected chi connectivity index (χ0v) is 15.7. The lowest BCUT2D eigenvalue weighted by Gasteiger charge is -2.36. The first-order valence-electron chi connectivity index (χ1n) is 9.76. The van der Waals surface area contributed by atoms with Crippen LogP contribution in [0, 0.1) is 11.6 Å². The minimum atomic E-state index is -0.330. The van der Waals surface area contributed by atoms with Gasteiger partial charge in [-0.05, 0) is 54.8 Å². The highest BCUT2D eigenvalue weighted by atomic mass is 19.1. The quantitative estimate of drug-likeness (QED) is 0.671. The second kappa shape index (κ2) is 7.03. The third kappa shape index (κ3) is 3.28. The molecular weight excluding hydrogens is 372 g/mol. The van der Waals surface area contributed by atoms with E-state index in [4.69, 9.17) is 4.98 Å². The lowest BCUT2D eigenvalue weighted by atomic mass is 9.97. The third-order valence-electron chi connectivity index (χ3n) is 5.83. The van der Waals surface area contributed by atoms with Gasteiger partial charge in [0.2, 0.25) is 5.91 Å². The Kier molecular flexibility index (Phi) is 4.34. The number of carbonyl (C=O) groups is 1. The maximum Gasteiger partial charge on any atom is 0.227 e. The Hall–Kier alpha value is -3.15. The van der Waals surface area contributed by atoms with Gasteiger partial charge in [-0.1, -0.05) is 12.1 Å². The van der Waals surface area contributed by atoms with E-state index in [1.54, 1.807) is 30.5 Å². The van der Waals surface area contributed by atoms with Crippen LogP contribution >= 0.6 is 0 Å². The van der Waals surface area contributed by atoms with Gasteiger partial charge in [-0.3, -0.25) is 4.79 Å². The van der Waals surface area contributed by atoms with Crippen molar-refractivity contribution in [1.82, 2.24) is 14.9 Å². The minimum Gasteiger partial charge on any atom is -0.332 e. The fourth-order valence-corrected chi connectivity index (χ4v) is 4.51. The highest BCUT2D eigenvalue weighted by molar-refractivity contribution is 5.80. The second-order valence-corrected chi connectivity index (χ2v) is 7.66. The Morgan fingerprint density at radius 1 is 1.07 bits per heavy atom. The van der Waals surface area contributed by atoms with E-state index in [0.29, 0.717) is 17.8 Å². The van der Waals surface area contributed by atoms with E-state index in [-0.39, 0.29) is 36.0 Å². The molecule has 29 heavy (non-hydrogen) atoms. The Morgan fingerprint density at radius 2 is 1.90 bits per heavy atom. The molecule has 4 nitrogen and oxygen atoms in total. The second-order valence-electron chi connectivity index (χ2n) is 7.66. The Morgan fingerprint density at radius 3 is 2.69 bits per heavy atom. The van der Waals surface area contributed by atoms with Gasteiger partial charge < -0.3 is 4.90 Å². The molecule has 2 aliphatic rings. The third-order valence-corrected chi connectivity index (χ3v) is 5.83. The molecule has 0 aliphatic carbocycles. The molecule has 0 radical (unpaired) electrons. The number of benzene rings is 2. The lowest BCUT2D eigenvalue weighted by Crippen LogP contribution is -2.43. The van der Waals surface area contributed by atoms with Crippen LogP contribution in [-0.4, -0.2) is 26.8 Å². The monoisotopic (exact) mass is 391 g/mol. The standard InChI is InChI=1S/C23H19F2N3O/c24-16-6-4-15(5-7-16)23-26-13-19-20(27-23)12-18-8-9-21(19)28(18)22(29)11-14-2-1-3-17(25)10-14/h1-7,10,13,18,21H,8-9,11-12H2. The zero-order chi connectivity index (χ0) is 20.0. The summed E-state index contributed by atoms with van der Waals surface area (Å²) >= 11 is 0. The van der Waals surface area contributed by atoms with Crippen molar-refractivity contribution in [3.63, 3.8) is 0 Å². The minimum absolute atomic E-state index is 0.0105. The van der Waals surface area contributed by atoms with Gasteiger partial charge in [0, 0.05) is 29.8 Å². The van der Waals surface area contributed by atoms with E-state index >= 15 is 0 Å². The Labute approximate surface area is 167 Å². The zero-order valence-electron chi connectivity index (χ0n) is 15.7. The first-order chi connectivity index (χ1) is 14.1. The summed E-state index contributed by atoms with van der Waals surface area (Å²) in [6, 6.07) is 12.4. The molecule has 1 fully saturated rings. The molecule has 146 valence electrons. The SMILES string of the molecule is O=C(Cc1cccc(F)c1)N1C2CCC1c1cnc(-c3ccc(F)cc3)nc1C2. The summed E-state index contributed by atoms with van der Waals surface area (Å²) in [5, 5.41) is 0. The van der Waals surface area contributed by atoms with Crippen LogP contribution in [0.2, 0.25) is 0 Å². The largest absolute Gasteiger partial charge is 0.332 e. The molecule has 2 atom stereocenters. The molecule has 1 aromatic heterocycles. The average Bonchev–Trinajstić information content (AvgIpc) is 3.03. The smallest absolute Gasteiger partial charge is 0.227 e. The summed E-state index contributed by atoms with van der Waals surface area (Å²) in [5.74, 6) is -0.0414. The fraction of sp³-hybridized carbons (Fsp3) is 0.261. The van der Waals surface area contributed by atoms with Crippen molar-refractivity contribution in [2.24, 2.45) is 0 Å². The number of nitrogens with zero attached hydrogens (tertiary/aromatic N) is 3. The van der Waals surface area contributed by atoms with E-state index in [9.17, 15) is 13.6 Å². The van der Waals surface area contributed by atoms with Crippen LogP contribution in [0.15, 0.2) is 54.7 Å². The summed E-state index contributed by atoms with van der Waals surface area (Å²) in [6.45, 7) is 0. The van der Waals surface area contributed by atoms with E-state index in [1.165, 1.54) is 24.3 Å². The van der Waals surface area contributed by atoms with Crippen molar-refractivity contribution < 1.29 is 13.6 Å². The molecular formula is C23H19F2N3O. The average molecular weight is 391 g/mol. The van der Waals surface area contributed by atoms with Crippen molar-refractivity contribution in [1.29, 1.82) is 0 Å². The molecule has 1 saturated heterocycles. The molecule has 0 spiro atoms. The van der Waals surface area contributed by atoms with E-state index < -0.39 is 0 Å². The van der Waals surface area contributed by atoms with Gasteiger partial charge in [-0.25, -0.2) is 18.7 Å². The number of fused-ring (bicyclic) bond motifs is 4. The fourth-order valence-electron chi connectivity index (χ4n) is 4.51. The predicted molar refractivity (Wildman–Crippen MR) is 104 cm³/mol. The molecule has 2 aromatic carbocycles. The number of amides is 1. The summed E-state index contributed by atoms with van der Waals surface area (Å²) in [4.78, 5) is 24.1. The van der Waals surface area contributed by atoms with Crippen molar-refractivity contribution in [3.05, 3.63) is 83.2 Å². The Balaban J connectivity index is 1.41. The number of hydrogen-bond donors (Lipinski definition) is 0. The summed E-state index contributed by atoms with van der Waals surface area (Å²) in [6.07, 6.45) is 4.47. The maximum atomic E-state index is 13.5. The molecule has 0 saturated carbocycles.